The van der Waals surface area contributed by atoms with Crippen LogP contribution >= 0.6 is 27.5 Å². The highest BCUT2D eigenvalue weighted by atomic mass is 79.9. The number of halogens is 1. The van der Waals surface area contributed by atoms with Gasteiger partial charge in [0.15, 0.2) is 5.82 Å². The summed E-state index contributed by atoms with van der Waals surface area (Å²) >= 11 is 4.45. The van der Waals surface area contributed by atoms with Gasteiger partial charge in [0, 0.05) is 0 Å². The van der Waals surface area contributed by atoms with Crippen LogP contribution in [0.2, 0.25) is 0 Å². The van der Waals surface area contributed by atoms with Gasteiger partial charge >= 0.3 is 0 Å². The molecule has 0 spiro atoms. The van der Waals surface area contributed by atoms with E-state index in [2.05, 4.69) is 35.7 Å². The van der Waals surface area contributed by atoms with E-state index >= 15 is 0 Å². The number of alkyl halides is 1. The van der Waals surface area contributed by atoms with Crippen molar-refractivity contribution in [1.82, 2.24) is 19.7 Å². The van der Waals surface area contributed by atoms with Crippen LogP contribution < -0.4 is 0 Å². The van der Waals surface area contributed by atoms with Crippen molar-refractivity contribution in [3.63, 3.8) is 0 Å². The highest BCUT2D eigenvalue weighted by Crippen LogP contribution is 2.19. The predicted octanol–water partition coefficient (Wildman–Crippen LogP) is 1.48. The summed E-state index contributed by atoms with van der Waals surface area (Å²) in [7, 11) is 0. The number of hydrogen-bond acceptors (Lipinski definition) is 6. The zero-order valence-corrected chi connectivity index (χ0v) is 8.17. The maximum atomic E-state index is 4.94. The first-order valence-electron chi connectivity index (χ1n) is 3.06. The van der Waals surface area contributed by atoms with Crippen LogP contribution in [0.3, 0.4) is 0 Å². The Morgan fingerprint density at radius 3 is 3.08 bits per heavy atom. The number of rotatable bonds is 2. The summed E-state index contributed by atoms with van der Waals surface area (Å²) in [6.07, 6.45) is 1.59. The quantitative estimate of drug-likeness (QED) is 0.752. The van der Waals surface area contributed by atoms with E-state index in [0.29, 0.717) is 17.0 Å². The topological polar surface area (TPSA) is 64.7 Å². The van der Waals surface area contributed by atoms with E-state index in [1.807, 2.05) is 0 Å². The molecule has 2 heterocycles. The van der Waals surface area contributed by atoms with E-state index in [1.165, 1.54) is 11.5 Å². The second-order valence-corrected chi connectivity index (χ2v) is 3.28. The molecule has 5 nitrogen and oxygen atoms in total. The minimum atomic E-state index is 0.472. The van der Waals surface area contributed by atoms with Gasteiger partial charge in [-0.25, -0.2) is 0 Å². The summed E-state index contributed by atoms with van der Waals surface area (Å²) in [5, 5.41) is 7.96. The fourth-order valence-corrected chi connectivity index (χ4v) is 1.34. The molecule has 2 aromatic rings. The molecule has 0 atom stereocenters. The van der Waals surface area contributed by atoms with Gasteiger partial charge in [0.25, 0.3) is 5.89 Å². The third-order valence-corrected chi connectivity index (χ3v) is 2.31. The summed E-state index contributed by atoms with van der Waals surface area (Å²) < 4.78 is 8.63. The molecule has 2 aromatic heterocycles. The maximum absolute atomic E-state index is 4.94. The third-order valence-electron chi connectivity index (χ3n) is 1.16. The lowest BCUT2D eigenvalue weighted by atomic mass is 10.5. The second-order valence-electron chi connectivity index (χ2n) is 1.93. The van der Waals surface area contributed by atoms with Crippen molar-refractivity contribution in [2.45, 2.75) is 5.33 Å². The summed E-state index contributed by atoms with van der Waals surface area (Å²) in [5.41, 5.74) is 0. The zero-order chi connectivity index (χ0) is 8.39. The Balaban J connectivity index is 2.35. The number of hydrogen-bond donors (Lipinski definition) is 0. The number of aromatic nitrogens is 4. The lowest BCUT2D eigenvalue weighted by Gasteiger charge is -1.78. The Bertz CT molecular complexity index is 359. The van der Waals surface area contributed by atoms with Crippen molar-refractivity contribution in [1.29, 1.82) is 0 Å². The van der Waals surface area contributed by atoms with Crippen LogP contribution in [0, 0.1) is 0 Å². The first-order valence-corrected chi connectivity index (χ1v) is 4.96. The fraction of sp³-hybridized carbons (Fsp3) is 0.200. The largest absolute Gasteiger partial charge is 0.333 e. The Labute approximate surface area is 80.1 Å². The predicted molar refractivity (Wildman–Crippen MR) is 45.8 cm³/mol. The molecular weight excluding hydrogens is 244 g/mol. The van der Waals surface area contributed by atoms with Gasteiger partial charge in [0.2, 0.25) is 0 Å². The standard InChI is InChI=1S/C5H3BrN4OS/c6-1-4-8-5(11-9-4)3-2-7-10-12-3/h2H,1H2. The summed E-state index contributed by atoms with van der Waals surface area (Å²) in [6, 6.07) is 0. The molecule has 0 radical (unpaired) electrons. The van der Waals surface area contributed by atoms with Crippen molar-refractivity contribution in [2.24, 2.45) is 0 Å². The van der Waals surface area contributed by atoms with E-state index in [0.717, 1.165) is 4.88 Å². The minimum absolute atomic E-state index is 0.472. The normalized spacial score (nSPS) is 10.4. The van der Waals surface area contributed by atoms with Crippen molar-refractivity contribution in [2.75, 3.05) is 0 Å². The van der Waals surface area contributed by atoms with Gasteiger partial charge in [-0.3, -0.25) is 0 Å². The fourth-order valence-electron chi connectivity index (χ4n) is 0.670. The second kappa shape index (κ2) is 3.28. The maximum Gasteiger partial charge on any atom is 0.271 e. The van der Waals surface area contributed by atoms with E-state index < -0.39 is 0 Å². The Hall–Kier alpha value is -0.820. The zero-order valence-electron chi connectivity index (χ0n) is 5.77. The van der Waals surface area contributed by atoms with Crippen LogP contribution in [-0.4, -0.2) is 19.7 Å². The molecule has 0 aliphatic heterocycles. The van der Waals surface area contributed by atoms with Gasteiger partial charge in [-0.15, -0.1) is 5.10 Å². The van der Waals surface area contributed by atoms with Crippen LogP contribution in [0.15, 0.2) is 10.7 Å². The molecule has 0 amide bonds. The van der Waals surface area contributed by atoms with Crippen LogP contribution in [0.1, 0.15) is 5.82 Å². The molecule has 0 saturated carbocycles. The molecule has 0 unspecified atom stereocenters. The number of nitrogens with zero attached hydrogens (tertiary/aromatic N) is 4. The molecule has 0 bridgehead atoms. The molecule has 0 aromatic carbocycles. The Morgan fingerprint density at radius 1 is 1.58 bits per heavy atom. The van der Waals surface area contributed by atoms with E-state index in [9.17, 15) is 0 Å². The SMILES string of the molecule is BrCc1noc(-c2cnns2)n1. The molecule has 0 fully saturated rings. The van der Waals surface area contributed by atoms with Crippen LogP contribution in [0.25, 0.3) is 10.8 Å². The lowest BCUT2D eigenvalue weighted by Crippen LogP contribution is -1.78. The van der Waals surface area contributed by atoms with Crippen LogP contribution in [-0.2, 0) is 5.33 Å². The molecule has 12 heavy (non-hydrogen) atoms. The highest BCUT2D eigenvalue weighted by molar-refractivity contribution is 9.08. The van der Waals surface area contributed by atoms with Crippen molar-refractivity contribution in [3.05, 3.63) is 12.0 Å². The van der Waals surface area contributed by atoms with Gasteiger partial charge in [0.1, 0.15) is 4.88 Å². The van der Waals surface area contributed by atoms with Gasteiger partial charge in [-0.2, -0.15) is 4.98 Å². The van der Waals surface area contributed by atoms with Gasteiger partial charge in [-0.05, 0) is 11.5 Å². The van der Waals surface area contributed by atoms with Crippen molar-refractivity contribution in [3.8, 4) is 10.8 Å². The van der Waals surface area contributed by atoms with E-state index in [4.69, 9.17) is 4.52 Å². The summed E-state index contributed by atoms with van der Waals surface area (Å²) in [4.78, 5) is 4.86. The van der Waals surface area contributed by atoms with Crippen LogP contribution in [0.5, 0.6) is 0 Å². The molecule has 0 saturated heterocycles. The van der Waals surface area contributed by atoms with Crippen molar-refractivity contribution >= 4 is 27.5 Å². The molecule has 2 rings (SSSR count). The Kier molecular flexibility index (Phi) is 2.13. The lowest BCUT2D eigenvalue weighted by molar-refractivity contribution is 0.426. The van der Waals surface area contributed by atoms with E-state index in [-0.39, 0.29) is 0 Å². The molecule has 0 aliphatic rings. The van der Waals surface area contributed by atoms with Crippen molar-refractivity contribution < 1.29 is 4.52 Å². The van der Waals surface area contributed by atoms with Gasteiger partial charge in [0.05, 0.1) is 11.5 Å². The molecular formula is C5H3BrN4OS. The molecule has 0 N–H and O–H groups in total. The summed E-state index contributed by atoms with van der Waals surface area (Å²) in [5.74, 6) is 1.10. The molecule has 7 heteroatoms. The Morgan fingerprint density at radius 2 is 2.50 bits per heavy atom. The first kappa shape index (κ1) is 7.81. The van der Waals surface area contributed by atoms with Gasteiger partial charge < -0.3 is 4.52 Å². The monoisotopic (exact) mass is 246 g/mol. The smallest absolute Gasteiger partial charge is 0.271 e. The average molecular weight is 247 g/mol. The molecule has 62 valence electrons. The molecule has 0 aliphatic carbocycles. The first-order chi connectivity index (χ1) is 5.90. The third kappa shape index (κ3) is 1.37. The van der Waals surface area contributed by atoms with Gasteiger partial charge in [-0.1, -0.05) is 25.6 Å². The average Bonchev–Trinajstić information content (AvgIpc) is 2.75. The van der Waals surface area contributed by atoms with Crippen LogP contribution in [0.4, 0.5) is 0 Å². The highest BCUT2D eigenvalue weighted by Gasteiger charge is 2.09. The minimum Gasteiger partial charge on any atom is -0.333 e. The van der Waals surface area contributed by atoms with E-state index in [1.54, 1.807) is 6.20 Å². The summed E-state index contributed by atoms with van der Waals surface area (Å²) in [6.45, 7) is 0.